The van der Waals surface area contributed by atoms with E-state index < -0.39 is 5.97 Å². The van der Waals surface area contributed by atoms with E-state index in [4.69, 9.17) is 9.15 Å². The zero-order chi connectivity index (χ0) is 15.4. The lowest BCUT2D eigenvalue weighted by Gasteiger charge is -2.09. The highest BCUT2D eigenvalue weighted by molar-refractivity contribution is 5.96. The Labute approximate surface area is 122 Å². The average molecular weight is 290 g/mol. The minimum atomic E-state index is -0.494. The van der Waals surface area contributed by atoms with Crippen LogP contribution in [0.25, 0.3) is 11.0 Å². The molecule has 0 saturated carbocycles. The maximum absolute atomic E-state index is 11.7. The van der Waals surface area contributed by atoms with Crippen molar-refractivity contribution in [3.05, 3.63) is 30.0 Å². The second kappa shape index (κ2) is 6.41. The fourth-order valence-corrected chi connectivity index (χ4v) is 1.91. The van der Waals surface area contributed by atoms with E-state index in [0.29, 0.717) is 24.4 Å². The largest absolute Gasteiger partial charge is 0.460 e. The van der Waals surface area contributed by atoms with Gasteiger partial charge in [0.25, 0.3) is 0 Å². The van der Waals surface area contributed by atoms with Gasteiger partial charge in [0.1, 0.15) is 5.58 Å². The van der Waals surface area contributed by atoms with Crippen molar-refractivity contribution in [3.8, 4) is 0 Å². The third-order valence-corrected chi connectivity index (χ3v) is 2.74. The fourth-order valence-electron chi connectivity index (χ4n) is 1.91. The molecule has 6 nitrogen and oxygen atoms in total. The Balaban J connectivity index is 2.18. The molecular weight excluding hydrogens is 272 g/mol. The van der Waals surface area contributed by atoms with E-state index in [0.717, 1.165) is 5.39 Å². The second-order valence-electron chi connectivity index (χ2n) is 4.87. The summed E-state index contributed by atoms with van der Waals surface area (Å²) in [5.74, 6) is -0.441. The Morgan fingerprint density at radius 3 is 2.71 bits per heavy atom. The molecule has 2 rings (SSSR count). The molecule has 0 radical (unpaired) electrons. The summed E-state index contributed by atoms with van der Waals surface area (Å²) in [5, 5.41) is 3.53. The Hall–Kier alpha value is -2.34. The zero-order valence-electron chi connectivity index (χ0n) is 12.3. The van der Waals surface area contributed by atoms with Gasteiger partial charge in [0.05, 0.1) is 13.2 Å². The van der Waals surface area contributed by atoms with Crippen molar-refractivity contribution in [1.82, 2.24) is 4.90 Å². The summed E-state index contributed by atoms with van der Waals surface area (Å²) in [5.41, 5.74) is 1.23. The number of anilines is 1. The molecule has 0 unspecified atom stereocenters. The number of hydrogen-bond donors (Lipinski definition) is 1. The third-order valence-electron chi connectivity index (χ3n) is 2.74. The van der Waals surface area contributed by atoms with Crippen molar-refractivity contribution in [1.29, 1.82) is 0 Å². The van der Waals surface area contributed by atoms with Crippen LogP contribution in [0.2, 0.25) is 0 Å². The third kappa shape index (κ3) is 3.82. The Kier molecular flexibility index (Phi) is 4.59. The molecule has 112 valence electrons. The number of benzene rings is 1. The van der Waals surface area contributed by atoms with Gasteiger partial charge in [-0.3, -0.25) is 4.79 Å². The molecule has 1 aromatic carbocycles. The van der Waals surface area contributed by atoms with Crippen LogP contribution in [-0.4, -0.2) is 44.0 Å². The molecule has 0 atom stereocenters. The summed E-state index contributed by atoms with van der Waals surface area (Å²) in [6.07, 6.45) is 0. The smallest absolute Gasteiger partial charge is 0.374 e. The van der Waals surface area contributed by atoms with E-state index in [1.165, 1.54) is 0 Å². The van der Waals surface area contributed by atoms with E-state index in [9.17, 15) is 9.59 Å². The molecular formula is C15H18N2O4. The van der Waals surface area contributed by atoms with E-state index in [1.54, 1.807) is 36.1 Å². The lowest BCUT2D eigenvalue weighted by Crippen LogP contribution is -2.26. The van der Waals surface area contributed by atoms with Gasteiger partial charge in [-0.25, -0.2) is 4.79 Å². The number of fused-ring (bicyclic) bond motifs is 1. The standard InChI is InChI=1S/C15H18N2O4/c1-4-20-15(19)13-8-10-7-11(5-6-12(10)21-13)16-14(18)9-17(2)3/h5-8H,4,9H2,1-3H3,(H,16,18). The number of ether oxygens (including phenoxy) is 1. The van der Waals surface area contributed by atoms with Crippen LogP contribution in [0.4, 0.5) is 5.69 Å². The summed E-state index contributed by atoms with van der Waals surface area (Å²) >= 11 is 0. The summed E-state index contributed by atoms with van der Waals surface area (Å²) < 4.78 is 10.3. The van der Waals surface area contributed by atoms with Gasteiger partial charge in [0.15, 0.2) is 0 Å². The van der Waals surface area contributed by atoms with Gasteiger partial charge in [0.2, 0.25) is 11.7 Å². The minimum absolute atomic E-state index is 0.103. The summed E-state index contributed by atoms with van der Waals surface area (Å²) in [6, 6.07) is 6.81. The van der Waals surface area contributed by atoms with Crippen LogP contribution in [0.5, 0.6) is 0 Å². The number of nitrogens with one attached hydrogen (secondary N) is 1. The lowest BCUT2D eigenvalue weighted by atomic mass is 10.2. The number of carbonyl (C=O) groups is 2. The quantitative estimate of drug-likeness (QED) is 0.854. The van der Waals surface area contributed by atoms with E-state index in [1.807, 2.05) is 14.1 Å². The zero-order valence-corrected chi connectivity index (χ0v) is 12.3. The Morgan fingerprint density at radius 2 is 2.05 bits per heavy atom. The average Bonchev–Trinajstić information content (AvgIpc) is 2.81. The molecule has 0 aliphatic carbocycles. The number of nitrogens with zero attached hydrogens (tertiary/aromatic N) is 1. The lowest BCUT2D eigenvalue weighted by molar-refractivity contribution is -0.116. The van der Waals surface area contributed by atoms with Crippen molar-refractivity contribution in [2.45, 2.75) is 6.92 Å². The summed E-state index contributed by atoms with van der Waals surface area (Å²) in [6.45, 7) is 2.33. The number of hydrogen-bond acceptors (Lipinski definition) is 5. The van der Waals surface area contributed by atoms with E-state index in [2.05, 4.69) is 5.32 Å². The predicted octanol–water partition coefficient (Wildman–Crippen LogP) is 2.11. The Bertz CT molecular complexity index is 661. The molecule has 2 aromatic rings. The molecule has 0 saturated heterocycles. The SMILES string of the molecule is CCOC(=O)c1cc2cc(NC(=O)CN(C)C)ccc2o1. The van der Waals surface area contributed by atoms with Crippen LogP contribution in [0.1, 0.15) is 17.5 Å². The maximum Gasteiger partial charge on any atom is 0.374 e. The van der Waals surface area contributed by atoms with Crippen LogP contribution >= 0.6 is 0 Å². The number of esters is 1. The van der Waals surface area contributed by atoms with Crippen molar-refractivity contribution < 1.29 is 18.7 Å². The molecule has 0 aliphatic heterocycles. The maximum atomic E-state index is 11.7. The molecule has 0 fully saturated rings. The van der Waals surface area contributed by atoms with Gasteiger partial charge in [0, 0.05) is 11.1 Å². The first-order valence-corrected chi connectivity index (χ1v) is 6.65. The fraction of sp³-hybridized carbons (Fsp3) is 0.333. The number of rotatable bonds is 5. The number of furan rings is 1. The van der Waals surface area contributed by atoms with Gasteiger partial charge in [-0.2, -0.15) is 0 Å². The second-order valence-corrected chi connectivity index (χ2v) is 4.87. The minimum Gasteiger partial charge on any atom is -0.460 e. The van der Waals surface area contributed by atoms with Gasteiger partial charge < -0.3 is 19.4 Å². The highest BCUT2D eigenvalue weighted by Gasteiger charge is 2.13. The van der Waals surface area contributed by atoms with Gasteiger partial charge >= 0.3 is 5.97 Å². The van der Waals surface area contributed by atoms with Crippen molar-refractivity contribution in [3.63, 3.8) is 0 Å². The first kappa shape index (κ1) is 15.1. The summed E-state index contributed by atoms with van der Waals surface area (Å²) in [4.78, 5) is 25.1. The highest BCUT2D eigenvalue weighted by Crippen LogP contribution is 2.23. The number of amides is 1. The molecule has 21 heavy (non-hydrogen) atoms. The normalized spacial score (nSPS) is 10.9. The Morgan fingerprint density at radius 1 is 1.29 bits per heavy atom. The van der Waals surface area contributed by atoms with Crippen LogP contribution in [-0.2, 0) is 9.53 Å². The highest BCUT2D eigenvalue weighted by atomic mass is 16.5. The topological polar surface area (TPSA) is 71.8 Å². The van der Waals surface area contributed by atoms with Crippen LogP contribution < -0.4 is 5.32 Å². The molecule has 1 heterocycles. The van der Waals surface area contributed by atoms with Gasteiger partial charge in [-0.15, -0.1) is 0 Å². The monoisotopic (exact) mass is 290 g/mol. The van der Waals surface area contributed by atoms with Crippen LogP contribution in [0, 0.1) is 0 Å². The molecule has 1 amide bonds. The molecule has 0 spiro atoms. The van der Waals surface area contributed by atoms with E-state index in [-0.39, 0.29) is 11.7 Å². The van der Waals surface area contributed by atoms with E-state index >= 15 is 0 Å². The van der Waals surface area contributed by atoms with Crippen LogP contribution in [0.3, 0.4) is 0 Å². The van der Waals surface area contributed by atoms with Crippen molar-refractivity contribution >= 4 is 28.5 Å². The molecule has 0 bridgehead atoms. The molecule has 1 N–H and O–H groups in total. The predicted molar refractivity (Wildman–Crippen MR) is 79.4 cm³/mol. The molecule has 1 aromatic heterocycles. The first-order valence-electron chi connectivity index (χ1n) is 6.65. The molecule has 6 heteroatoms. The summed E-state index contributed by atoms with van der Waals surface area (Å²) in [7, 11) is 3.65. The van der Waals surface area contributed by atoms with Crippen molar-refractivity contribution in [2.24, 2.45) is 0 Å². The first-order chi connectivity index (χ1) is 9.99. The van der Waals surface area contributed by atoms with Crippen molar-refractivity contribution in [2.75, 3.05) is 32.6 Å². The van der Waals surface area contributed by atoms with Gasteiger partial charge in [-0.05, 0) is 45.3 Å². The van der Waals surface area contributed by atoms with Crippen LogP contribution in [0.15, 0.2) is 28.7 Å². The number of likely N-dealkylation sites (N-methyl/N-ethyl adjacent to an activating group) is 1. The van der Waals surface area contributed by atoms with Gasteiger partial charge in [-0.1, -0.05) is 0 Å². The molecule has 0 aliphatic rings. The number of carbonyl (C=O) groups excluding carboxylic acids is 2.